The summed E-state index contributed by atoms with van der Waals surface area (Å²) >= 11 is 0. The number of aromatic nitrogens is 1. The van der Waals surface area contributed by atoms with E-state index in [4.69, 9.17) is 5.11 Å². The minimum Gasteiger partial charge on any atom is -0.481 e. The lowest BCUT2D eigenvalue weighted by atomic mass is 10.1. The summed E-state index contributed by atoms with van der Waals surface area (Å²) in [5.41, 5.74) is 2.91. The van der Waals surface area contributed by atoms with Crippen molar-refractivity contribution in [3.05, 3.63) is 47.8 Å². The maximum atomic E-state index is 13.5. The minimum atomic E-state index is -0.839. The summed E-state index contributed by atoms with van der Waals surface area (Å²) in [6.45, 7) is 2.36. The average Bonchev–Trinajstić information content (AvgIpc) is 2.69. The van der Waals surface area contributed by atoms with Crippen LogP contribution in [0.3, 0.4) is 0 Å². The van der Waals surface area contributed by atoms with Gasteiger partial charge in [0.2, 0.25) is 0 Å². The van der Waals surface area contributed by atoms with Crippen molar-refractivity contribution in [2.45, 2.75) is 19.9 Å². The Morgan fingerprint density at radius 2 is 1.80 bits per heavy atom. The Bertz CT molecular complexity index is 761. The van der Waals surface area contributed by atoms with Crippen LogP contribution in [0.25, 0.3) is 21.8 Å². The number of aryl methyl sites for hydroxylation is 2. The molecule has 0 aliphatic heterocycles. The van der Waals surface area contributed by atoms with Crippen molar-refractivity contribution < 1.29 is 14.3 Å². The number of carboxylic acids is 1. The first-order valence-corrected chi connectivity index (χ1v) is 6.46. The molecule has 0 fully saturated rings. The van der Waals surface area contributed by atoms with Gasteiger partial charge in [0, 0.05) is 28.4 Å². The zero-order valence-electron chi connectivity index (χ0n) is 11.1. The Labute approximate surface area is 115 Å². The molecule has 3 rings (SSSR count). The number of hydrogen-bond acceptors (Lipinski definition) is 1. The highest BCUT2D eigenvalue weighted by Gasteiger charge is 2.12. The zero-order valence-corrected chi connectivity index (χ0v) is 11.1. The molecule has 0 saturated heterocycles. The van der Waals surface area contributed by atoms with Crippen LogP contribution in [-0.2, 0) is 11.3 Å². The molecule has 0 bridgehead atoms. The summed E-state index contributed by atoms with van der Waals surface area (Å²) in [7, 11) is 0. The number of hydrogen-bond donors (Lipinski definition) is 1. The smallest absolute Gasteiger partial charge is 0.305 e. The number of benzene rings is 2. The standard InChI is InChI=1S/C16H14FNO2/c1-10-2-4-14-12(8-10)13-9-11(17)3-5-15(13)18(14)7-6-16(19)20/h2-5,8-9H,6-7H2,1H3,(H,19,20). The van der Waals surface area contributed by atoms with Crippen molar-refractivity contribution in [1.82, 2.24) is 4.57 Å². The second-order valence-electron chi connectivity index (χ2n) is 4.98. The van der Waals surface area contributed by atoms with Crippen molar-refractivity contribution in [2.75, 3.05) is 0 Å². The van der Waals surface area contributed by atoms with E-state index in [2.05, 4.69) is 0 Å². The predicted molar refractivity (Wildman–Crippen MR) is 76.4 cm³/mol. The fourth-order valence-corrected chi connectivity index (χ4v) is 2.64. The van der Waals surface area contributed by atoms with Crippen LogP contribution in [0.15, 0.2) is 36.4 Å². The van der Waals surface area contributed by atoms with Crippen LogP contribution in [0.4, 0.5) is 4.39 Å². The summed E-state index contributed by atoms with van der Waals surface area (Å²) in [5.74, 6) is -1.12. The average molecular weight is 271 g/mol. The van der Waals surface area contributed by atoms with Crippen LogP contribution in [0.2, 0.25) is 0 Å². The summed E-state index contributed by atoms with van der Waals surface area (Å²) in [4.78, 5) is 10.8. The summed E-state index contributed by atoms with van der Waals surface area (Å²) in [6.07, 6.45) is 0.0458. The van der Waals surface area contributed by atoms with Gasteiger partial charge in [0.25, 0.3) is 0 Å². The molecule has 0 radical (unpaired) electrons. The van der Waals surface area contributed by atoms with E-state index in [0.29, 0.717) is 6.54 Å². The third-order valence-electron chi connectivity index (χ3n) is 3.53. The molecule has 0 amide bonds. The van der Waals surface area contributed by atoms with Gasteiger partial charge in [0.05, 0.1) is 6.42 Å². The molecule has 0 aliphatic carbocycles. The Morgan fingerprint density at radius 1 is 1.15 bits per heavy atom. The zero-order chi connectivity index (χ0) is 14.3. The third kappa shape index (κ3) is 2.03. The lowest BCUT2D eigenvalue weighted by molar-refractivity contribution is -0.137. The van der Waals surface area contributed by atoms with Gasteiger partial charge in [-0.25, -0.2) is 4.39 Å². The quantitative estimate of drug-likeness (QED) is 0.789. The summed E-state index contributed by atoms with van der Waals surface area (Å²) in [5, 5.41) is 10.7. The van der Waals surface area contributed by atoms with Crippen molar-refractivity contribution in [2.24, 2.45) is 0 Å². The second-order valence-corrected chi connectivity index (χ2v) is 4.98. The SMILES string of the molecule is Cc1ccc2c(c1)c1cc(F)ccc1n2CCC(=O)O. The van der Waals surface area contributed by atoms with Crippen LogP contribution in [-0.4, -0.2) is 15.6 Å². The van der Waals surface area contributed by atoms with Crippen molar-refractivity contribution in [3.63, 3.8) is 0 Å². The number of aliphatic carboxylic acids is 1. The minimum absolute atomic E-state index is 0.0458. The molecule has 0 atom stereocenters. The van der Waals surface area contributed by atoms with E-state index in [1.54, 1.807) is 6.07 Å². The Hall–Kier alpha value is -2.36. The van der Waals surface area contributed by atoms with E-state index in [9.17, 15) is 9.18 Å². The molecule has 0 unspecified atom stereocenters. The molecule has 0 saturated carbocycles. The molecule has 0 spiro atoms. The molecular formula is C16H14FNO2. The number of halogens is 1. The third-order valence-corrected chi connectivity index (χ3v) is 3.53. The number of carboxylic acid groups (broad SMARTS) is 1. The maximum Gasteiger partial charge on any atom is 0.305 e. The first kappa shape index (κ1) is 12.7. The first-order chi connectivity index (χ1) is 9.56. The number of carbonyl (C=O) groups is 1. The largest absolute Gasteiger partial charge is 0.481 e. The van der Waals surface area contributed by atoms with Crippen LogP contribution in [0.5, 0.6) is 0 Å². The molecule has 1 N–H and O–H groups in total. The van der Waals surface area contributed by atoms with E-state index in [-0.39, 0.29) is 12.2 Å². The van der Waals surface area contributed by atoms with Gasteiger partial charge in [0.15, 0.2) is 0 Å². The van der Waals surface area contributed by atoms with Crippen molar-refractivity contribution >= 4 is 27.8 Å². The maximum absolute atomic E-state index is 13.5. The van der Waals surface area contributed by atoms with E-state index >= 15 is 0 Å². The van der Waals surface area contributed by atoms with Crippen LogP contribution in [0, 0.1) is 12.7 Å². The normalized spacial score (nSPS) is 11.3. The molecule has 1 aromatic heterocycles. The molecule has 1 heterocycles. The monoisotopic (exact) mass is 271 g/mol. The lowest BCUT2D eigenvalue weighted by Crippen LogP contribution is -2.04. The van der Waals surface area contributed by atoms with E-state index in [1.807, 2.05) is 29.7 Å². The Kier molecular flexibility index (Phi) is 2.93. The molecule has 0 aliphatic rings. The molecule has 3 aromatic rings. The Balaban J connectivity index is 2.31. The van der Waals surface area contributed by atoms with Crippen LogP contribution in [0.1, 0.15) is 12.0 Å². The van der Waals surface area contributed by atoms with Gasteiger partial charge in [-0.2, -0.15) is 0 Å². The van der Waals surface area contributed by atoms with Gasteiger partial charge < -0.3 is 9.67 Å². The van der Waals surface area contributed by atoms with E-state index in [0.717, 1.165) is 27.4 Å². The van der Waals surface area contributed by atoms with Gasteiger partial charge in [-0.1, -0.05) is 11.6 Å². The highest BCUT2D eigenvalue weighted by molar-refractivity contribution is 6.08. The summed E-state index contributed by atoms with van der Waals surface area (Å²) < 4.78 is 15.4. The molecule has 4 heteroatoms. The van der Waals surface area contributed by atoms with Crippen LogP contribution < -0.4 is 0 Å². The first-order valence-electron chi connectivity index (χ1n) is 6.46. The molecular weight excluding hydrogens is 257 g/mol. The summed E-state index contributed by atoms with van der Waals surface area (Å²) in [6, 6.07) is 10.6. The topological polar surface area (TPSA) is 42.2 Å². The van der Waals surface area contributed by atoms with Crippen molar-refractivity contribution in [1.29, 1.82) is 0 Å². The molecule has 20 heavy (non-hydrogen) atoms. The fourth-order valence-electron chi connectivity index (χ4n) is 2.64. The molecule has 2 aromatic carbocycles. The number of fused-ring (bicyclic) bond motifs is 3. The Morgan fingerprint density at radius 3 is 2.50 bits per heavy atom. The van der Waals surface area contributed by atoms with Gasteiger partial charge in [-0.3, -0.25) is 4.79 Å². The van der Waals surface area contributed by atoms with Gasteiger partial charge in [0.1, 0.15) is 5.82 Å². The number of rotatable bonds is 3. The van der Waals surface area contributed by atoms with Gasteiger partial charge in [-0.15, -0.1) is 0 Å². The molecule has 3 nitrogen and oxygen atoms in total. The van der Waals surface area contributed by atoms with Gasteiger partial charge >= 0.3 is 5.97 Å². The van der Waals surface area contributed by atoms with E-state index < -0.39 is 5.97 Å². The highest BCUT2D eigenvalue weighted by atomic mass is 19.1. The van der Waals surface area contributed by atoms with Crippen molar-refractivity contribution in [3.8, 4) is 0 Å². The fraction of sp³-hybridized carbons (Fsp3) is 0.188. The number of nitrogens with zero attached hydrogens (tertiary/aromatic N) is 1. The van der Waals surface area contributed by atoms with E-state index in [1.165, 1.54) is 12.1 Å². The lowest BCUT2D eigenvalue weighted by Gasteiger charge is -2.05. The second kappa shape index (κ2) is 4.63. The highest BCUT2D eigenvalue weighted by Crippen LogP contribution is 2.30. The van der Waals surface area contributed by atoms with Gasteiger partial charge in [-0.05, 0) is 37.3 Å². The predicted octanol–water partition coefficient (Wildman–Crippen LogP) is 3.72. The molecule has 102 valence electrons. The van der Waals surface area contributed by atoms with Crippen LogP contribution >= 0.6 is 0 Å².